The number of nitrogens with zero attached hydrogens (tertiary/aromatic N) is 2. The van der Waals surface area contributed by atoms with Crippen LogP contribution in [0.1, 0.15) is 33.1 Å². The number of hydrogen-bond donors (Lipinski definition) is 0. The lowest BCUT2D eigenvalue weighted by atomic mass is 10.2. The number of unbranched alkanes of at least 4 members (excludes halogenated alkanes) is 2. The Kier molecular flexibility index (Phi) is 5.73. The van der Waals surface area contributed by atoms with Gasteiger partial charge in [-0.05, 0) is 12.1 Å². The van der Waals surface area contributed by atoms with Gasteiger partial charge in [0, 0.05) is 12.3 Å². The van der Waals surface area contributed by atoms with E-state index in [9.17, 15) is 15.2 Å². The molecule has 0 saturated heterocycles. The number of hydrogen-bond acceptors (Lipinski definition) is 4. The van der Waals surface area contributed by atoms with Crippen LogP contribution in [-0.2, 0) is 0 Å². The molecule has 0 radical (unpaired) electrons. The molecule has 0 unspecified atom stereocenters. The third kappa shape index (κ3) is 3.91. The van der Waals surface area contributed by atoms with Crippen molar-refractivity contribution in [3.63, 3.8) is 0 Å². The number of rotatable bonds is 3. The van der Waals surface area contributed by atoms with Gasteiger partial charge in [0.2, 0.25) is 0 Å². The highest BCUT2D eigenvalue weighted by atomic mass is 16.6. The molecule has 102 valence electrons. The fourth-order valence-corrected chi connectivity index (χ4v) is 1.64. The van der Waals surface area contributed by atoms with Crippen molar-refractivity contribution in [2.75, 3.05) is 0 Å². The summed E-state index contributed by atoms with van der Waals surface area (Å²) in [6.07, 6.45) is 5.51. The van der Waals surface area contributed by atoms with Crippen molar-refractivity contribution in [1.29, 1.82) is 0 Å². The van der Waals surface area contributed by atoms with Gasteiger partial charge in [-0.1, -0.05) is 44.9 Å². The Labute approximate surface area is 112 Å². The van der Waals surface area contributed by atoms with Crippen LogP contribution in [-0.4, -0.2) is 9.91 Å². The lowest BCUT2D eigenvalue weighted by molar-refractivity contribution is -0.383. The fourth-order valence-electron chi connectivity index (χ4n) is 1.64. The van der Waals surface area contributed by atoms with Crippen molar-refractivity contribution in [2.24, 2.45) is 0 Å². The molecule has 0 amide bonds. The third-order valence-corrected chi connectivity index (χ3v) is 2.61. The molecular formula is C14H17N2O3-. The number of nitro groups is 1. The van der Waals surface area contributed by atoms with E-state index in [2.05, 4.69) is 18.8 Å². The zero-order valence-corrected chi connectivity index (χ0v) is 11.1. The molecule has 0 aliphatic heterocycles. The van der Waals surface area contributed by atoms with Gasteiger partial charge in [-0.3, -0.25) is 15.1 Å². The summed E-state index contributed by atoms with van der Waals surface area (Å²) in [7, 11) is 0. The van der Waals surface area contributed by atoms with E-state index in [1.807, 2.05) is 0 Å². The molecule has 0 aliphatic rings. The zero-order valence-electron chi connectivity index (χ0n) is 11.1. The highest BCUT2D eigenvalue weighted by Gasteiger charge is 2.11. The molecule has 0 atom stereocenters. The molecule has 0 saturated carbocycles. The summed E-state index contributed by atoms with van der Waals surface area (Å²) in [5.74, 6) is -0.300. The Balaban J connectivity index is 0.000000312. The molecule has 1 aromatic heterocycles. The number of nitro benzene ring substituents is 1. The van der Waals surface area contributed by atoms with Crippen molar-refractivity contribution >= 4 is 16.6 Å². The minimum Gasteiger partial charge on any atom is -0.871 e. The lowest BCUT2D eigenvalue weighted by Crippen LogP contribution is -1.96. The Hall–Kier alpha value is -2.17. The SMILES string of the molecule is CCCCC.O=[N+]([O-])c1ccc([O-])c2ncccc12. The Morgan fingerprint density at radius 2 is 1.89 bits per heavy atom. The molecule has 0 aliphatic carbocycles. The van der Waals surface area contributed by atoms with E-state index in [0.717, 1.165) is 6.07 Å². The van der Waals surface area contributed by atoms with E-state index in [4.69, 9.17) is 0 Å². The van der Waals surface area contributed by atoms with E-state index < -0.39 is 4.92 Å². The number of aromatic nitrogens is 1. The molecule has 0 bridgehead atoms. The summed E-state index contributed by atoms with van der Waals surface area (Å²) >= 11 is 0. The monoisotopic (exact) mass is 261 g/mol. The second-order valence-electron chi connectivity index (χ2n) is 4.09. The smallest absolute Gasteiger partial charge is 0.278 e. The van der Waals surface area contributed by atoms with Gasteiger partial charge >= 0.3 is 0 Å². The molecule has 19 heavy (non-hydrogen) atoms. The van der Waals surface area contributed by atoms with Crippen molar-refractivity contribution in [3.8, 4) is 5.75 Å². The molecule has 2 rings (SSSR count). The molecule has 5 heteroatoms. The molecule has 1 heterocycles. The molecular weight excluding hydrogens is 244 g/mol. The number of fused-ring (bicyclic) bond motifs is 1. The summed E-state index contributed by atoms with van der Waals surface area (Å²) in [5.41, 5.74) is 0.0504. The van der Waals surface area contributed by atoms with E-state index in [-0.39, 0.29) is 22.3 Å². The van der Waals surface area contributed by atoms with Crippen LogP contribution in [0.5, 0.6) is 5.75 Å². The quantitative estimate of drug-likeness (QED) is 0.626. The van der Waals surface area contributed by atoms with Gasteiger partial charge in [0.1, 0.15) is 0 Å². The molecule has 5 nitrogen and oxygen atoms in total. The van der Waals surface area contributed by atoms with Crippen molar-refractivity contribution in [2.45, 2.75) is 33.1 Å². The van der Waals surface area contributed by atoms with Crippen LogP contribution >= 0.6 is 0 Å². The third-order valence-electron chi connectivity index (χ3n) is 2.61. The molecule has 2 aromatic rings. The maximum absolute atomic E-state index is 11.3. The predicted molar refractivity (Wildman–Crippen MR) is 73.0 cm³/mol. The largest absolute Gasteiger partial charge is 0.871 e. The molecule has 0 spiro atoms. The first kappa shape index (κ1) is 14.9. The van der Waals surface area contributed by atoms with Crippen molar-refractivity contribution < 1.29 is 10.0 Å². The first-order chi connectivity index (χ1) is 9.11. The summed E-state index contributed by atoms with van der Waals surface area (Å²) in [5, 5.41) is 22.2. The van der Waals surface area contributed by atoms with E-state index in [1.165, 1.54) is 37.6 Å². The van der Waals surface area contributed by atoms with E-state index in [1.54, 1.807) is 6.07 Å². The van der Waals surface area contributed by atoms with Gasteiger partial charge in [-0.15, -0.1) is 0 Å². The van der Waals surface area contributed by atoms with E-state index in [0.29, 0.717) is 0 Å². The van der Waals surface area contributed by atoms with E-state index >= 15 is 0 Å². The Morgan fingerprint density at radius 3 is 2.42 bits per heavy atom. The first-order valence-corrected chi connectivity index (χ1v) is 6.30. The van der Waals surface area contributed by atoms with Gasteiger partial charge in [0.25, 0.3) is 5.69 Å². The predicted octanol–water partition coefficient (Wildman–Crippen LogP) is 3.41. The standard InChI is InChI=1S/C9H6N2O3.C5H12/c12-8-4-3-7(11(13)14)6-2-1-5-10-9(6)8;1-3-5-4-2/h1-5,12H;3-5H2,1-2H3/p-1. The van der Waals surface area contributed by atoms with Gasteiger partial charge in [-0.25, -0.2) is 0 Å². The highest BCUT2D eigenvalue weighted by Crippen LogP contribution is 2.28. The van der Waals surface area contributed by atoms with Crippen LogP contribution in [0, 0.1) is 10.1 Å². The minimum absolute atomic E-state index is 0.0901. The minimum atomic E-state index is -0.524. The van der Waals surface area contributed by atoms with Crippen molar-refractivity contribution in [1.82, 2.24) is 4.98 Å². The summed E-state index contributed by atoms with van der Waals surface area (Å²) in [4.78, 5) is 13.9. The maximum atomic E-state index is 11.3. The van der Waals surface area contributed by atoms with Gasteiger partial charge < -0.3 is 5.11 Å². The summed E-state index contributed by atoms with van der Waals surface area (Å²) in [6, 6.07) is 5.44. The Bertz CT molecular complexity index is 553. The van der Waals surface area contributed by atoms with Crippen LogP contribution in [0.15, 0.2) is 30.5 Å². The normalized spacial score (nSPS) is 9.79. The number of pyridine rings is 1. The van der Waals surface area contributed by atoms with Crippen LogP contribution in [0.25, 0.3) is 10.9 Å². The summed E-state index contributed by atoms with van der Waals surface area (Å²) in [6.45, 7) is 4.42. The molecule has 0 fully saturated rings. The van der Waals surface area contributed by atoms with Crippen LogP contribution in [0.2, 0.25) is 0 Å². The van der Waals surface area contributed by atoms with Gasteiger partial charge in [0.15, 0.2) is 0 Å². The first-order valence-electron chi connectivity index (χ1n) is 6.30. The Morgan fingerprint density at radius 1 is 1.21 bits per heavy atom. The van der Waals surface area contributed by atoms with Gasteiger partial charge in [-0.2, -0.15) is 0 Å². The van der Waals surface area contributed by atoms with Crippen LogP contribution in [0.3, 0.4) is 0 Å². The zero-order chi connectivity index (χ0) is 14.3. The molecule has 1 aromatic carbocycles. The fraction of sp³-hybridized carbons (Fsp3) is 0.357. The topological polar surface area (TPSA) is 79.1 Å². The average Bonchev–Trinajstić information content (AvgIpc) is 2.41. The average molecular weight is 261 g/mol. The van der Waals surface area contributed by atoms with Crippen LogP contribution in [0.4, 0.5) is 5.69 Å². The number of non-ortho nitro benzene ring substituents is 1. The maximum Gasteiger partial charge on any atom is 0.278 e. The highest BCUT2D eigenvalue weighted by molar-refractivity contribution is 5.91. The van der Waals surface area contributed by atoms with Crippen molar-refractivity contribution in [3.05, 3.63) is 40.6 Å². The molecule has 0 N–H and O–H groups in total. The number of benzene rings is 1. The van der Waals surface area contributed by atoms with Crippen LogP contribution < -0.4 is 5.11 Å². The van der Waals surface area contributed by atoms with Gasteiger partial charge in [0.05, 0.1) is 15.8 Å². The summed E-state index contributed by atoms with van der Waals surface area (Å²) < 4.78 is 0. The lowest BCUT2D eigenvalue weighted by Gasteiger charge is -2.08. The second kappa shape index (κ2) is 7.31. The second-order valence-corrected chi connectivity index (χ2v) is 4.09.